The number of nitrogens with zero attached hydrogens (tertiary/aromatic N) is 5. The van der Waals surface area contributed by atoms with Gasteiger partial charge in [0.1, 0.15) is 5.82 Å². The standard InChI is InChI=1S/C20H21ClN6O/c21-15-3-1-13(2-4-15)19-24-23-17-7-8-18(25-27(17)19)26-11-9-14(10-12-26)20(28)22-16-5-6-16/h1-4,7-8,14,16H,5-6,9-12H2,(H,22,28). The summed E-state index contributed by atoms with van der Waals surface area (Å²) in [5.74, 6) is 1.89. The molecule has 2 aliphatic rings. The van der Waals surface area contributed by atoms with Crippen LogP contribution in [-0.2, 0) is 4.79 Å². The molecule has 0 spiro atoms. The molecule has 5 rings (SSSR count). The van der Waals surface area contributed by atoms with Crippen LogP contribution >= 0.6 is 11.6 Å². The minimum absolute atomic E-state index is 0.111. The lowest BCUT2D eigenvalue weighted by molar-refractivity contribution is -0.125. The summed E-state index contributed by atoms with van der Waals surface area (Å²) in [5, 5.41) is 17.1. The smallest absolute Gasteiger partial charge is 0.223 e. The van der Waals surface area contributed by atoms with Crippen LogP contribution in [0.5, 0.6) is 0 Å². The topological polar surface area (TPSA) is 75.4 Å². The predicted molar refractivity (Wildman–Crippen MR) is 107 cm³/mol. The number of rotatable bonds is 4. The maximum Gasteiger partial charge on any atom is 0.223 e. The molecule has 1 aliphatic heterocycles. The van der Waals surface area contributed by atoms with Crippen molar-refractivity contribution in [1.82, 2.24) is 25.1 Å². The normalized spacial score (nSPS) is 17.8. The van der Waals surface area contributed by atoms with Gasteiger partial charge in [0.05, 0.1) is 0 Å². The maximum atomic E-state index is 12.3. The first-order valence-electron chi connectivity index (χ1n) is 9.71. The van der Waals surface area contributed by atoms with Crippen LogP contribution in [0.15, 0.2) is 36.4 Å². The lowest BCUT2D eigenvalue weighted by Crippen LogP contribution is -2.41. The first kappa shape index (κ1) is 17.4. The van der Waals surface area contributed by atoms with E-state index in [1.54, 1.807) is 4.52 Å². The van der Waals surface area contributed by atoms with Crippen molar-refractivity contribution in [3.63, 3.8) is 0 Å². The summed E-state index contributed by atoms with van der Waals surface area (Å²) in [5.41, 5.74) is 1.62. The maximum absolute atomic E-state index is 12.3. The number of amides is 1. The number of hydrogen-bond acceptors (Lipinski definition) is 5. The third kappa shape index (κ3) is 3.42. The first-order valence-corrected chi connectivity index (χ1v) is 10.1. The zero-order valence-electron chi connectivity index (χ0n) is 15.4. The van der Waals surface area contributed by atoms with Gasteiger partial charge in [0.2, 0.25) is 5.91 Å². The molecule has 1 aromatic carbocycles. The second-order valence-corrected chi connectivity index (χ2v) is 7.97. The van der Waals surface area contributed by atoms with Crippen molar-refractivity contribution in [1.29, 1.82) is 0 Å². The van der Waals surface area contributed by atoms with Crippen molar-refractivity contribution in [2.45, 2.75) is 31.7 Å². The van der Waals surface area contributed by atoms with Gasteiger partial charge in [-0.2, -0.15) is 4.52 Å². The van der Waals surface area contributed by atoms with Crippen molar-refractivity contribution in [3.8, 4) is 11.4 Å². The van der Waals surface area contributed by atoms with Gasteiger partial charge in [-0.1, -0.05) is 11.6 Å². The van der Waals surface area contributed by atoms with E-state index in [0.29, 0.717) is 22.5 Å². The van der Waals surface area contributed by atoms with Crippen LogP contribution < -0.4 is 10.2 Å². The number of carbonyl (C=O) groups excluding carboxylic acids is 1. The molecule has 0 radical (unpaired) electrons. The van der Waals surface area contributed by atoms with Crippen LogP contribution in [0.3, 0.4) is 0 Å². The minimum atomic E-state index is 0.111. The Balaban J connectivity index is 1.34. The Hall–Kier alpha value is -2.67. The fraction of sp³-hybridized carbons (Fsp3) is 0.400. The molecule has 3 heterocycles. The lowest BCUT2D eigenvalue weighted by atomic mass is 9.96. The van der Waals surface area contributed by atoms with Crippen LogP contribution in [0.2, 0.25) is 5.02 Å². The molecule has 2 aromatic heterocycles. The number of hydrogen-bond donors (Lipinski definition) is 1. The molecule has 2 fully saturated rings. The summed E-state index contributed by atoms with van der Waals surface area (Å²) in [6, 6.07) is 11.8. The summed E-state index contributed by atoms with van der Waals surface area (Å²) in [6.45, 7) is 1.64. The van der Waals surface area contributed by atoms with Gasteiger partial charge < -0.3 is 10.2 Å². The number of halogens is 1. The third-order valence-electron chi connectivity index (χ3n) is 5.46. The Labute approximate surface area is 167 Å². The lowest BCUT2D eigenvalue weighted by Gasteiger charge is -2.32. The Bertz CT molecular complexity index is 1010. The largest absolute Gasteiger partial charge is 0.355 e. The number of aromatic nitrogens is 4. The molecular formula is C20H21ClN6O. The monoisotopic (exact) mass is 396 g/mol. The zero-order chi connectivity index (χ0) is 19.1. The van der Waals surface area contributed by atoms with E-state index in [0.717, 1.165) is 50.2 Å². The van der Waals surface area contributed by atoms with E-state index < -0.39 is 0 Å². The van der Waals surface area contributed by atoms with Crippen LogP contribution in [0, 0.1) is 5.92 Å². The summed E-state index contributed by atoms with van der Waals surface area (Å²) < 4.78 is 1.77. The molecule has 1 amide bonds. The highest BCUT2D eigenvalue weighted by Crippen LogP contribution is 2.26. The average molecular weight is 397 g/mol. The highest BCUT2D eigenvalue weighted by atomic mass is 35.5. The van der Waals surface area contributed by atoms with Crippen molar-refractivity contribution in [2.24, 2.45) is 5.92 Å². The van der Waals surface area contributed by atoms with E-state index in [2.05, 4.69) is 20.4 Å². The summed E-state index contributed by atoms with van der Waals surface area (Å²) in [6.07, 6.45) is 3.96. The van der Waals surface area contributed by atoms with Gasteiger partial charge in [-0.15, -0.1) is 15.3 Å². The molecule has 0 atom stereocenters. The van der Waals surface area contributed by atoms with Gasteiger partial charge >= 0.3 is 0 Å². The summed E-state index contributed by atoms with van der Waals surface area (Å²) in [7, 11) is 0. The van der Waals surface area contributed by atoms with Crippen LogP contribution in [-0.4, -0.2) is 44.8 Å². The minimum Gasteiger partial charge on any atom is -0.355 e. The SMILES string of the molecule is O=C(NC1CC1)C1CCN(c2ccc3nnc(-c4ccc(Cl)cc4)n3n2)CC1. The molecule has 0 bridgehead atoms. The average Bonchev–Trinajstić information content (AvgIpc) is 3.44. The van der Waals surface area contributed by atoms with Gasteiger partial charge in [-0.05, 0) is 62.1 Å². The Morgan fingerprint density at radius 3 is 2.46 bits per heavy atom. The molecule has 1 saturated heterocycles. The molecule has 1 aliphatic carbocycles. The van der Waals surface area contributed by atoms with E-state index in [1.807, 2.05) is 36.4 Å². The zero-order valence-corrected chi connectivity index (χ0v) is 16.1. The van der Waals surface area contributed by atoms with Gasteiger partial charge in [0, 0.05) is 35.6 Å². The number of piperidine rings is 1. The molecule has 0 unspecified atom stereocenters. The molecule has 1 saturated carbocycles. The van der Waals surface area contributed by atoms with Gasteiger partial charge in [-0.3, -0.25) is 4.79 Å². The summed E-state index contributed by atoms with van der Waals surface area (Å²) in [4.78, 5) is 14.5. The van der Waals surface area contributed by atoms with Crippen LogP contribution in [0.25, 0.3) is 17.0 Å². The second kappa shape index (κ2) is 7.05. The van der Waals surface area contributed by atoms with E-state index in [-0.39, 0.29) is 11.8 Å². The quantitative estimate of drug-likeness (QED) is 0.733. The van der Waals surface area contributed by atoms with Crippen molar-refractivity contribution in [2.75, 3.05) is 18.0 Å². The Morgan fingerprint density at radius 2 is 1.75 bits per heavy atom. The van der Waals surface area contributed by atoms with E-state index in [1.165, 1.54) is 0 Å². The van der Waals surface area contributed by atoms with Crippen molar-refractivity contribution >= 4 is 29.0 Å². The number of benzene rings is 1. The van der Waals surface area contributed by atoms with Crippen molar-refractivity contribution < 1.29 is 4.79 Å². The fourth-order valence-corrected chi connectivity index (χ4v) is 3.77. The molecule has 1 N–H and O–H groups in total. The molecular weight excluding hydrogens is 376 g/mol. The molecule has 144 valence electrons. The van der Waals surface area contributed by atoms with E-state index in [4.69, 9.17) is 16.7 Å². The molecule has 28 heavy (non-hydrogen) atoms. The molecule has 3 aromatic rings. The fourth-order valence-electron chi connectivity index (χ4n) is 3.64. The van der Waals surface area contributed by atoms with E-state index in [9.17, 15) is 4.79 Å². The van der Waals surface area contributed by atoms with Crippen molar-refractivity contribution in [3.05, 3.63) is 41.4 Å². The predicted octanol–water partition coefficient (Wildman–Crippen LogP) is 2.94. The van der Waals surface area contributed by atoms with Crippen LogP contribution in [0.4, 0.5) is 5.82 Å². The third-order valence-corrected chi connectivity index (χ3v) is 5.72. The molecule has 8 heteroatoms. The Morgan fingerprint density at radius 1 is 1.00 bits per heavy atom. The van der Waals surface area contributed by atoms with Gasteiger partial charge in [0.25, 0.3) is 0 Å². The summed E-state index contributed by atoms with van der Waals surface area (Å²) >= 11 is 5.99. The number of nitrogens with one attached hydrogen (secondary N) is 1. The number of fused-ring (bicyclic) bond motifs is 1. The highest BCUT2D eigenvalue weighted by molar-refractivity contribution is 6.30. The second-order valence-electron chi connectivity index (χ2n) is 7.54. The molecule has 7 nitrogen and oxygen atoms in total. The number of carbonyl (C=O) groups is 1. The van der Waals surface area contributed by atoms with Gasteiger partial charge in [-0.25, -0.2) is 0 Å². The van der Waals surface area contributed by atoms with E-state index >= 15 is 0 Å². The first-order chi connectivity index (χ1) is 13.7. The van der Waals surface area contributed by atoms with Crippen LogP contribution in [0.1, 0.15) is 25.7 Å². The Kier molecular flexibility index (Phi) is 4.39. The number of anilines is 1. The highest BCUT2D eigenvalue weighted by Gasteiger charge is 2.30. The van der Waals surface area contributed by atoms with Gasteiger partial charge in [0.15, 0.2) is 11.5 Å².